The second-order valence-electron chi connectivity index (χ2n) is 9.65. The summed E-state index contributed by atoms with van der Waals surface area (Å²) in [6.45, 7) is 5.13. The number of nitrogens with zero attached hydrogens (tertiary/aromatic N) is 4. The molecule has 1 aliphatic rings. The van der Waals surface area contributed by atoms with Crippen LogP contribution in [-0.4, -0.2) is 51.8 Å². The molecule has 2 amide bonds. The Morgan fingerprint density at radius 1 is 1.05 bits per heavy atom. The molecule has 0 saturated heterocycles. The van der Waals surface area contributed by atoms with Crippen molar-refractivity contribution in [3.05, 3.63) is 68.4 Å². The predicted octanol–water partition coefficient (Wildman–Crippen LogP) is 2.54. The molecule has 0 spiro atoms. The van der Waals surface area contributed by atoms with Crippen molar-refractivity contribution in [1.82, 2.24) is 19.4 Å². The molecule has 4 rings (SSSR count). The summed E-state index contributed by atoms with van der Waals surface area (Å²) in [6, 6.07) is 10.9. The molecular weight excluding hydrogens is 496 g/mol. The fraction of sp³-hybridized carbons (Fsp3) is 0.345. The van der Waals surface area contributed by atoms with Gasteiger partial charge in [0.2, 0.25) is 11.8 Å². The van der Waals surface area contributed by atoms with Gasteiger partial charge in [-0.15, -0.1) is 0 Å². The van der Waals surface area contributed by atoms with Crippen LogP contribution in [0.3, 0.4) is 0 Å². The predicted molar refractivity (Wildman–Crippen MR) is 154 cm³/mol. The smallest absolute Gasteiger partial charge is 0.331 e. The van der Waals surface area contributed by atoms with Gasteiger partial charge in [-0.05, 0) is 48.2 Å². The Bertz CT molecular complexity index is 1620. The standard InChI is InChI=1S/C29H34N6O4/c1-5-11-34(12-6-2)27(37)21-13-20-8-7-18(14-23(20)32-25(30)16-21)19-9-10-22-24(15-19)33(4)29(39)35(28(22)38)17-26(36)31-3/h7-10,13-15H,5-6,11-12,16-17H2,1-4H3,(H2,30,32)(H,31,36). The Balaban J connectivity index is 1.75. The summed E-state index contributed by atoms with van der Waals surface area (Å²) in [5.41, 5.74) is 9.22. The van der Waals surface area contributed by atoms with Gasteiger partial charge < -0.3 is 16.0 Å². The summed E-state index contributed by atoms with van der Waals surface area (Å²) in [5.74, 6) is -0.0976. The van der Waals surface area contributed by atoms with E-state index >= 15 is 0 Å². The summed E-state index contributed by atoms with van der Waals surface area (Å²) in [4.78, 5) is 57.4. The van der Waals surface area contributed by atoms with E-state index in [0.29, 0.717) is 41.1 Å². The van der Waals surface area contributed by atoms with Crippen molar-refractivity contribution in [2.45, 2.75) is 39.7 Å². The molecule has 3 aromatic rings. The number of rotatable bonds is 8. The van der Waals surface area contributed by atoms with Crippen LogP contribution in [0.5, 0.6) is 0 Å². The third-order valence-corrected chi connectivity index (χ3v) is 6.81. The lowest BCUT2D eigenvalue weighted by Gasteiger charge is -2.22. The van der Waals surface area contributed by atoms with Crippen molar-refractivity contribution in [1.29, 1.82) is 0 Å². The number of nitrogens with one attached hydrogen (secondary N) is 1. The number of benzene rings is 2. The number of aromatic nitrogens is 2. The molecule has 10 heteroatoms. The highest BCUT2D eigenvalue weighted by Gasteiger charge is 2.21. The van der Waals surface area contributed by atoms with Crippen molar-refractivity contribution in [2.75, 3.05) is 20.1 Å². The number of nitrogens with two attached hydrogens (primary N) is 1. The fourth-order valence-electron chi connectivity index (χ4n) is 4.81. The highest BCUT2D eigenvalue weighted by atomic mass is 16.2. The monoisotopic (exact) mass is 530 g/mol. The van der Waals surface area contributed by atoms with E-state index in [1.54, 1.807) is 25.2 Å². The number of hydrogen-bond donors (Lipinski definition) is 2. The number of aryl methyl sites for hydroxylation is 1. The number of carbonyl (C=O) groups is 2. The van der Waals surface area contributed by atoms with Crippen molar-refractivity contribution < 1.29 is 9.59 Å². The molecule has 0 atom stereocenters. The van der Waals surface area contributed by atoms with Gasteiger partial charge in [-0.3, -0.25) is 23.5 Å². The molecule has 0 unspecified atom stereocenters. The zero-order chi connectivity index (χ0) is 28.3. The van der Waals surface area contributed by atoms with Crippen LogP contribution in [-0.2, 0) is 23.2 Å². The number of amidine groups is 1. The topological polar surface area (TPSA) is 132 Å². The van der Waals surface area contributed by atoms with Crippen LogP contribution in [0, 0.1) is 0 Å². The van der Waals surface area contributed by atoms with Crippen molar-refractivity contribution in [3.8, 4) is 11.1 Å². The first kappa shape index (κ1) is 27.6. The summed E-state index contributed by atoms with van der Waals surface area (Å²) in [6.07, 6.45) is 3.89. The molecule has 39 heavy (non-hydrogen) atoms. The zero-order valence-electron chi connectivity index (χ0n) is 22.8. The van der Waals surface area contributed by atoms with E-state index in [1.165, 1.54) is 11.6 Å². The molecule has 1 aromatic heterocycles. The van der Waals surface area contributed by atoms with Crippen molar-refractivity contribution >= 4 is 40.3 Å². The largest absolute Gasteiger partial charge is 0.387 e. The Hall–Kier alpha value is -4.47. The Morgan fingerprint density at radius 3 is 2.38 bits per heavy atom. The number of amides is 2. The Labute approximate surface area is 226 Å². The molecule has 2 aromatic carbocycles. The van der Waals surface area contributed by atoms with Gasteiger partial charge in [-0.25, -0.2) is 9.79 Å². The van der Waals surface area contributed by atoms with Crippen LogP contribution in [0.4, 0.5) is 5.69 Å². The number of hydrogen-bond acceptors (Lipinski definition) is 6. The van der Waals surface area contributed by atoms with Gasteiger partial charge in [0.15, 0.2) is 0 Å². The van der Waals surface area contributed by atoms with Gasteiger partial charge in [0.05, 0.1) is 16.6 Å². The summed E-state index contributed by atoms with van der Waals surface area (Å²) in [5, 5.41) is 2.76. The van der Waals surface area contributed by atoms with Crippen molar-refractivity contribution in [2.24, 2.45) is 17.8 Å². The van der Waals surface area contributed by atoms with Crippen LogP contribution in [0.25, 0.3) is 28.1 Å². The van der Waals surface area contributed by atoms with Gasteiger partial charge >= 0.3 is 5.69 Å². The lowest BCUT2D eigenvalue weighted by molar-refractivity contribution is -0.127. The molecular formula is C29H34N6O4. The molecule has 0 fully saturated rings. The summed E-state index contributed by atoms with van der Waals surface area (Å²) < 4.78 is 2.29. The normalized spacial score (nSPS) is 12.8. The van der Waals surface area contributed by atoms with E-state index in [0.717, 1.165) is 34.1 Å². The second kappa shape index (κ2) is 11.5. The lowest BCUT2D eigenvalue weighted by Crippen LogP contribution is -2.42. The first-order valence-corrected chi connectivity index (χ1v) is 13.1. The number of aliphatic imine (C=N–C) groups is 1. The van der Waals surface area contributed by atoms with E-state index in [-0.39, 0.29) is 18.9 Å². The van der Waals surface area contributed by atoms with E-state index in [2.05, 4.69) is 24.2 Å². The maximum absolute atomic E-state index is 13.3. The highest BCUT2D eigenvalue weighted by Crippen LogP contribution is 2.32. The van der Waals surface area contributed by atoms with Crippen LogP contribution < -0.4 is 22.3 Å². The quantitative estimate of drug-likeness (QED) is 0.462. The summed E-state index contributed by atoms with van der Waals surface area (Å²) in [7, 11) is 3.02. The van der Waals surface area contributed by atoms with Gasteiger partial charge in [0, 0.05) is 44.7 Å². The molecule has 10 nitrogen and oxygen atoms in total. The average molecular weight is 531 g/mol. The second-order valence-corrected chi connectivity index (χ2v) is 9.65. The van der Waals surface area contributed by atoms with E-state index in [9.17, 15) is 19.2 Å². The lowest BCUT2D eigenvalue weighted by atomic mass is 10.00. The molecule has 2 heterocycles. The van der Waals surface area contributed by atoms with Gasteiger partial charge in [0.25, 0.3) is 5.56 Å². The van der Waals surface area contributed by atoms with E-state index < -0.39 is 17.2 Å². The molecule has 3 N–H and O–H groups in total. The minimum absolute atomic E-state index is 0.0219. The zero-order valence-corrected chi connectivity index (χ0v) is 22.8. The third kappa shape index (κ3) is 5.55. The van der Waals surface area contributed by atoms with Crippen LogP contribution in [0.2, 0.25) is 0 Å². The number of fused-ring (bicyclic) bond motifs is 2. The van der Waals surface area contributed by atoms with Gasteiger partial charge in [-0.1, -0.05) is 32.0 Å². The molecule has 0 radical (unpaired) electrons. The SMILES string of the molecule is CCCN(CCC)C(=O)C1=Cc2ccc(-c3ccc4c(=O)n(CC(=O)NC)c(=O)n(C)c4c3)cc2N=C(N)C1. The molecule has 204 valence electrons. The molecule has 0 bridgehead atoms. The number of likely N-dealkylation sites (N-methyl/N-ethyl adjacent to an activating group) is 1. The van der Waals surface area contributed by atoms with E-state index in [1.807, 2.05) is 29.2 Å². The average Bonchev–Trinajstić information content (AvgIpc) is 3.10. The molecule has 1 aliphatic heterocycles. The molecule has 0 saturated carbocycles. The first-order chi connectivity index (χ1) is 18.7. The summed E-state index contributed by atoms with van der Waals surface area (Å²) >= 11 is 0. The maximum Gasteiger partial charge on any atom is 0.331 e. The highest BCUT2D eigenvalue weighted by molar-refractivity contribution is 6.05. The van der Waals surface area contributed by atoms with Gasteiger partial charge in [0.1, 0.15) is 12.4 Å². The third-order valence-electron chi connectivity index (χ3n) is 6.81. The minimum atomic E-state index is -0.574. The number of carbonyl (C=O) groups excluding carboxylic acids is 2. The first-order valence-electron chi connectivity index (χ1n) is 13.1. The Kier molecular flexibility index (Phi) is 8.13. The fourth-order valence-corrected chi connectivity index (χ4v) is 4.81. The minimum Gasteiger partial charge on any atom is -0.387 e. The van der Waals surface area contributed by atoms with Crippen LogP contribution >= 0.6 is 0 Å². The van der Waals surface area contributed by atoms with Crippen LogP contribution in [0.15, 0.2) is 56.6 Å². The Morgan fingerprint density at radius 2 is 1.72 bits per heavy atom. The van der Waals surface area contributed by atoms with Crippen LogP contribution in [0.1, 0.15) is 38.7 Å². The van der Waals surface area contributed by atoms with Crippen molar-refractivity contribution in [3.63, 3.8) is 0 Å². The van der Waals surface area contributed by atoms with Gasteiger partial charge in [-0.2, -0.15) is 0 Å². The van der Waals surface area contributed by atoms with E-state index in [4.69, 9.17) is 5.73 Å². The molecule has 0 aliphatic carbocycles. The maximum atomic E-state index is 13.3.